The van der Waals surface area contributed by atoms with Crippen LogP contribution in [0, 0.1) is 6.92 Å². The SMILES string of the molecule is Cc1cc(Nc2ccc(OC(C)(C)CN3CC(F)(F)C3)cn2)c(=O)n(C)n1. The van der Waals surface area contributed by atoms with Gasteiger partial charge in [-0.3, -0.25) is 9.69 Å². The Bertz CT molecular complexity index is 872. The molecule has 1 aliphatic rings. The van der Waals surface area contributed by atoms with E-state index < -0.39 is 11.5 Å². The molecule has 0 atom stereocenters. The summed E-state index contributed by atoms with van der Waals surface area (Å²) in [5, 5.41) is 7.02. The largest absolute Gasteiger partial charge is 0.485 e. The molecule has 0 aliphatic carbocycles. The Balaban J connectivity index is 1.63. The molecule has 0 saturated carbocycles. The van der Waals surface area contributed by atoms with Crippen LogP contribution < -0.4 is 15.6 Å². The summed E-state index contributed by atoms with van der Waals surface area (Å²) in [5.41, 5.74) is 0.198. The van der Waals surface area contributed by atoms with Crippen molar-refractivity contribution in [1.29, 1.82) is 0 Å². The highest BCUT2D eigenvalue weighted by atomic mass is 19.3. The van der Waals surface area contributed by atoms with E-state index in [1.165, 1.54) is 10.9 Å². The standard InChI is InChI=1S/C18H23F2N5O2/c1-12-7-14(16(26)24(4)23-12)22-15-6-5-13(8-21-15)27-17(2,3)9-25-10-18(19,20)11-25/h5-8H,9-11H2,1-4H3,(H,21,22). The Morgan fingerprint density at radius 2 is 2.04 bits per heavy atom. The summed E-state index contributed by atoms with van der Waals surface area (Å²) in [4.78, 5) is 18.0. The summed E-state index contributed by atoms with van der Waals surface area (Å²) >= 11 is 0. The number of ether oxygens (including phenoxy) is 1. The molecule has 27 heavy (non-hydrogen) atoms. The molecule has 0 amide bonds. The zero-order valence-corrected chi connectivity index (χ0v) is 15.8. The fourth-order valence-corrected chi connectivity index (χ4v) is 3.11. The van der Waals surface area contributed by atoms with Gasteiger partial charge in [0.15, 0.2) is 0 Å². The molecule has 3 heterocycles. The number of rotatable bonds is 6. The van der Waals surface area contributed by atoms with E-state index in [0.717, 1.165) is 0 Å². The summed E-state index contributed by atoms with van der Waals surface area (Å²) in [5.74, 6) is -1.57. The summed E-state index contributed by atoms with van der Waals surface area (Å²) in [6.45, 7) is 5.42. The molecule has 0 radical (unpaired) electrons. The van der Waals surface area contributed by atoms with Gasteiger partial charge >= 0.3 is 0 Å². The molecule has 9 heteroatoms. The quantitative estimate of drug-likeness (QED) is 0.831. The van der Waals surface area contributed by atoms with Crippen molar-refractivity contribution in [3.63, 3.8) is 0 Å². The van der Waals surface area contributed by atoms with E-state index in [-0.39, 0.29) is 18.6 Å². The van der Waals surface area contributed by atoms with Crippen molar-refractivity contribution < 1.29 is 13.5 Å². The minimum atomic E-state index is -2.59. The normalized spacial score (nSPS) is 16.7. The number of nitrogens with one attached hydrogen (secondary N) is 1. The number of anilines is 2. The molecule has 7 nitrogen and oxygen atoms in total. The van der Waals surface area contributed by atoms with Gasteiger partial charge in [0.1, 0.15) is 22.9 Å². The fourth-order valence-electron chi connectivity index (χ4n) is 3.11. The van der Waals surface area contributed by atoms with Crippen LogP contribution in [0.3, 0.4) is 0 Å². The van der Waals surface area contributed by atoms with Gasteiger partial charge in [0, 0.05) is 13.6 Å². The van der Waals surface area contributed by atoms with Crippen molar-refractivity contribution in [3.8, 4) is 5.75 Å². The van der Waals surface area contributed by atoms with Crippen molar-refractivity contribution >= 4 is 11.5 Å². The van der Waals surface area contributed by atoms with Crippen molar-refractivity contribution in [3.05, 3.63) is 40.4 Å². The third-order valence-electron chi connectivity index (χ3n) is 4.09. The highest BCUT2D eigenvalue weighted by molar-refractivity contribution is 5.55. The second kappa shape index (κ2) is 6.88. The molecular weight excluding hydrogens is 356 g/mol. The molecule has 0 aromatic carbocycles. The first-order chi connectivity index (χ1) is 12.5. The van der Waals surface area contributed by atoms with E-state index >= 15 is 0 Å². The van der Waals surface area contributed by atoms with Gasteiger partial charge in [-0.25, -0.2) is 18.4 Å². The van der Waals surface area contributed by atoms with Crippen LogP contribution in [0.2, 0.25) is 0 Å². The first-order valence-electron chi connectivity index (χ1n) is 8.60. The molecule has 146 valence electrons. The van der Waals surface area contributed by atoms with Crippen molar-refractivity contribution in [2.24, 2.45) is 7.05 Å². The van der Waals surface area contributed by atoms with Gasteiger partial charge in [0.2, 0.25) is 0 Å². The van der Waals surface area contributed by atoms with Gasteiger partial charge in [0.25, 0.3) is 11.5 Å². The number of hydrogen-bond donors (Lipinski definition) is 1. The maximum atomic E-state index is 13.0. The lowest BCUT2D eigenvalue weighted by Crippen LogP contribution is -2.60. The maximum absolute atomic E-state index is 13.0. The molecule has 1 fully saturated rings. The monoisotopic (exact) mass is 379 g/mol. The Morgan fingerprint density at radius 3 is 2.63 bits per heavy atom. The van der Waals surface area contributed by atoms with Crippen LogP contribution >= 0.6 is 0 Å². The van der Waals surface area contributed by atoms with Crippen LogP contribution in [-0.2, 0) is 7.05 Å². The molecule has 0 spiro atoms. The Kier molecular flexibility index (Phi) is 4.90. The number of alkyl halides is 2. The zero-order chi connectivity index (χ0) is 19.8. The minimum Gasteiger partial charge on any atom is -0.485 e. The second-order valence-electron chi connectivity index (χ2n) is 7.50. The van der Waals surface area contributed by atoms with Crippen LogP contribution in [-0.4, -0.2) is 50.8 Å². The average molecular weight is 379 g/mol. The number of aromatic nitrogens is 3. The number of halogens is 2. The topological polar surface area (TPSA) is 72.3 Å². The van der Waals surface area contributed by atoms with E-state index in [4.69, 9.17) is 4.74 Å². The van der Waals surface area contributed by atoms with E-state index in [1.807, 2.05) is 13.8 Å². The number of likely N-dealkylation sites (tertiary alicyclic amines) is 1. The second-order valence-corrected chi connectivity index (χ2v) is 7.50. The number of pyridine rings is 1. The molecule has 1 N–H and O–H groups in total. The lowest BCUT2D eigenvalue weighted by Gasteiger charge is -2.42. The van der Waals surface area contributed by atoms with Gasteiger partial charge in [0.05, 0.1) is 25.0 Å². The van der Waals surface area contributed by atoms with Crippen LogP contribution in [0.4, 0.5) is 20.3 Å². The molecular formula is C18H23F2N5O2. The lowest BCUT2D eigenvalue weighted by atomic mass is 10.0. The summed E-state index contributed by atoms with van der Waals surface area (Å²) in [7, 11) is 1.58. The fraction of sp³-hybridized carbons (Fsp3) is 0.500. The number of nitrogens with zero attached hydrogens (tertiary/aromatic N) is 4. The van der Waals surface area contributed by atoms with Crippen LogP contribution in [0.15, 0.2) is 29.2 Å². The van der Waals surface area contributed by atoms with Crippen LogP contribution in [0.1, 0.15) is 19.5 Å². The lowest BCUT2D eigenvalue weighted by molar-refractivity contribution is -0.144. The third kappa shape index (κ3) is 4.79. The van der Waals surface area contributed by atoms with Crippen LogP contribution in [0.5, 0.6) is 5.75 Å². The first kappa shape index (κ1) is 19.2. The predicted molar refractivity (Wildman–Crippen MR) is 97.8 cm³/mol. The highest BCUT2D eigenvalue weighted by Crippen LogP contribution is 2.29. The average Bonchev–Trinajstić information content (AvgIpc) is 2.51. The molecule has 3 rings (SSSR count). The Labute approximate surface area is 156 Å². The predicted octanol–water partition coefficient (Wildman–Crippen LogP) is 2.34. The van der Waals surface area contributed by atoms with Crippen LogP contribution in [0.25, 0.3) is 0 Å². The number of aryl methyl sites for hydroxylation is 2. The van der Waals surface area contributed by atoms with Gasteiger partial charge in [-0.15, -0.1) is 0 Å². The van der Waals surface area contributed by atoms with E-state index in [0.29, 0.717) is 29.5 Å². The minimum absolute atomic E-state index is 0.235. The van der Waals surface area contributed by atoms with Crippen molar-refractivity contribution in [1.82, 2.24) is 19.7 Å². The Hall–Kier alpha value is -2.55. The highest BCUT2D eigenvalue weighted by Gasteiger charge is 2.45. The van der Waals surface area contributed by atoms with E-state index in [9.17, 15) is 13.6 Å². The van der Waals surface area contributed by atoms with Gasteiger partial charge in [-0.1, -0.05) is 0 Å². The summed E-state index contributed by atoms with van der Waals surface area (Å²) in [6.07, 6.45) is 1.54. The molecule has 1 saturated heterocycles. The molecule has 2 aromatic rings. The molecule has 1 aliphatic heterocycles. The van der Waals surface area contributed by atoms with Gasteiger partial charge in [-0.05, 0) is 39.0 Å². The van der Waals surface area contributed by atoms with Crippen molar-refractivity contribution in [2.45, 2.75) is 32.3 Å². The van der Waals surface area contributed by atoms with Gasteiger partial charge < -0.3 is 10.1 Å². The number of hydrogen-bond acceptors (Lipinski definition) is 6. The Morgan fingerprint density at radius 1 is 1.33 bits per heavy atom. The van der Waals surface area contributed by atoms with E-state index in [2.05, 4.69) is 15.4 Å². The van der Waals surface area contributed by atoms with E-state index in [1.54, 1.807) is 37.1 Å². The summed E-state index contributed by atoms with van der Waals surface area (Å²) < 4.78 is 33.1. The summed E-state index contributed by atoms with van der Waals surface area (Å²) in [6, 6.07) is 5.07. The molecule has 2 aromatic heterocycles. The van der Waals surface area contributed by atoms with Gasteiger partial charge in [-0.2, -0.15) is 5.10 Å². The molecule has 0 unspecified atom stereocenters. The first-order valence-corrected chi connectivity index (χ1v) is 8.60. The third-order valence-corrected chi connectivity index (χ3v) is 4.09. The smallest absolute Gasteiger partial charge is 0.290 e. The maximum Gasteiger partial charge on any atom is 0.290 e. The zero-order valence-electron chi connectivity index (χ0n) is 15.8. The molecule has 0 bridgehead atoms. The van der Waals surface area contributed by atoms with Crippen molar-refractivity contribution in [2.75, 3.05) is 25.0 Å².